The molecule has 2 aliphatic rings. The third-order valence-electron chi connectivity index (χ3n) is 3.46. The van der Waals surface area contributed by atoms with E-state index in [4.69, 9.17) is 0 Å². The van der Waals surface area contributed by atoms with Gasteiger partial charge in [-0.1, -0.05) is 30.4 Å². The molecule has 3 rings (SSSR count). The summed E-state index contributed by atoms with van der Waals surface area (Å²) in [6.45, 7) is 0. The molecule has 1 aromatic carbocycles. The Bertz CT molecular complexity index is 803. The summed E-state index contributed by atoms with van der Waals surface area (Å²) in [6.07, 6.45) is 4.27. The number of benzene rings is 1. The summed E-state index contributed by atoms with van der Waals surface area (Å²) in [7, 11) is 0. The molecule has 1 aliphatic carbocycles. The zero-order valence-corrected chi connectivity index (χ0v) is 12.9. The zero-order chi connectivity index (χ0) is 17.3. The summed E-state index contributed by atoms with van der Waals surface area (Å²) in [6, 6.07) is 8.21. The number of nitrogens with zero attached hydrogens (tertiary/aromatic N) is 2. The highest BCUT2D eigenvalue weighted by atomic mass is 32.2. The van der Waals surface area contributed by atoms with Crippen molar-refractivity contribution >= 4 is 35.4 Å². The lowest BCUT2D eigenvalue weighted by Gasteiger charge is -2.13. The number of rotatable bonds is 3. The Morgan fingerprint density at radius 3 is 2.58 bits per heavy atom. The van der Waals surface area contributed by atoms with Gasteiger partial charge in [-0.3, -0.25) is 14.4 Å². The van der Waals surface area contributed by atoms with Gasteiger partial charge in [0.05, 0.1) is 5.71 Å². The fourth-order valence-electron chi connectivity index (χ4n) is 2.43. The summed E-state index contributed by atoms with van der Waals surface area (Å²) in [4.78, 5) is 40.5. The predicted molar refractivity (Wildman–Crippen MR) is 84.4 cm³/mol. The average molecular weight is 348 g/mol. The molecule has 1 fully saturated rings. The molecule has 1 aromatic rings. The minimum Gasteiger partial charge on any atom is -0.272 e. The van der Waals surface area contributed by atoms with Crippen LogP contribution >= 0.6 is 11.9 Å². The van der Waals surface area contributed by atoms with Crippen molar-refractivity contribution < 1.29 is 23.2 Å². The van der Waals surface area contributed by atoms with Crippen LogP contribution in [0, 0.1) is 5.92 Å². The van der Waals surface area contributed by atoms with Crippen molar-refractivity contribution in [2.24, 2.45) is 10.9 Å². The molecule has 0 aromatic heterocycles. The highest BCUT2D eigenvalue weighted by Gasteiger charge is 2.47. The van der Waals surface area contributed by atoms with Gasteiger partial charge in [-0.25, -0.2) is 9.30 Å². The summed E-state index contributed by atoms with van der Waals surface area (Å²) < 4.78 is 25.5. The highest BCUT2D eigenvalue weighted by molar-refractivity contribution is 7.98. The molecule has 1 heterocycles. The molecule has 0 radical (unpaired) electrons. The van der Waals surface area contributed by atoms with Gasteiger partial charge in [-0.15, -0.1) is 0 Å². The summed E-state index contributed by atoms with van der Waals surface area (Å²) in [5, 5.41) is 0. The molecular weight excluding hydrogens is 338 g/mol. The number of hydrogen-bond donors (Lipinski definition) is 0. The molecule has 1 atom stereocenters. The van der Waals surface area contributed by atoms with Crippen molar-refractivity contribution in [3.05, 3.63) is 59.7 Å². The van der Waals surface area contributed by atoms with Crippen LogP contribution in [0.15, 0.2) is 59.1 Å². The van der Waals surface area contributed by atoms with E-state index in [1.807, 2.05) is 0 Å². The molecule has 1 aliphatic heterocycles. The SMILES string of the molecule is O=C(N=C1C=CC=C2C(=O)N(SC(F)F)C(=O)C21)c1ccccc1. The quantitative estimate of drug-likeness (QED) is 0.622. The molecule has 8 heteroatoms. The average Bonchev–Trinajstić information content (AvgIpc) is 2.81. The second-order valence-corrected chi connectivity index (χ2v) is 5.86. The van der Waals surface area contributed by atoms with Crippen molar-refractivity contribution in [2.45, 2.75) is 5.76 Å². The van der Waals surface area contributed by atoms with Crippen molar-refractivity contribution in [1.29, 1.82) is 0 Å². The number of hydrogen-bond acceptors (Lipinski definition) is 4. The Morgan fingerprint density at radius 2 is 1.92 bits per heavy atom. The summed E-state index contributed by atoms with van der Waals surface area (Å²) in [5.41, 5.74) is 0.428. The first kappa shape index (κ1) is 16.3. The van der Waals surface area contributed by atoms with Gasteiger partial charge in [-0.05, 0) is 18.2 Å². The molecule has 0 N–H and O–H groups in total. The van der Waals surface area contributed by atoms with Crippen LogP contribution < -0.4 is 0 Å². The van der Waals surface area contributed by atoms with Crippen LogP contribution in [0.5, 0.6) is 0 Å². The van der Waals surface area contributed by atoms with Crippen LogP contribution in [0.2, 0.25) is 0 Å². The number of halogens is 2. The second kappa shape index (κ2) is 6.48. The van der Waals surface area contributed by atoms with Crippen molar-refractivity contribution in [1.82, 2.24) is 4.31 Å². The molecular formula is C16H10F2N2O3S. The normalized spacial score (nSPS) is 21.5. The second-order valence-electron chi connectivity index (χ2n) is 4.93. The van der Waals surface area contributed by atoms with Gasteiger partial charge < -0.3 is 0 Å². The Labute approximate surface area is 139 Å². The van der Waals surface area contributed by atoms with Gasteiger partial charge in [0.25, 0.3) is 17.7 Å². The van der Waals surface area contributed by atoms with E-state index in [2.05, 4.69) is 4.99 Å². The standard InChI is InChI=1S/C16H10F2N2O3S/c17-16(18)24-20-14(22)10-7-4-8-11(12(10)15(20)23)19-13(21)9-5-2-1-3-6-9/h1-8,12,16H. The van der Waals surface area contributed by atoms with Gasteiger partial charge in [0, 0.05) is 23.1 Å². The van der Waals surface area contributed by atoms with E-state index in [-0.39, 0.29) is 23.2 Å². The molecule has 0 spiro atoms. The third kappa shape index (κ3) is 2.92. The first-order chi connectivity index (χ1) is 11.5. The lowest BCUT2D eigenvalue weighted by Crippen LogP contribution is -2.28. The van der Waals surface area contributed by atoms with E-state index in [9.17, 15) is 23.2 Å². The molecule has 5 nitrogen and oxygen atoms in total. The lowest BCUT2D eigenvalue weighted by molar-refractivity contribution is -0.132. The van der Waals surface area contributed by atoms with Crippen molar-refractivity contribution in [2.75, 3.05) is 0 Å². The molecule has 1 saturated heterocycles. The van der Waals surface area contributed by atoms with Crippen LogP contribution in [0.4, 0.5) is 8.78 Å². The number of amides is 3. The predicted octanol–water partition coefficient (Wildman–Crippen LogP) is 2.62. The van der Waals surface area contributed by atoms with Gasteiger partial charge in [0.2, 0.25) is 0 Å². The third-order valence-corrected chi connectivity index (χ3v) is 4.18. The first-order valence-corrected chi connectivity index (χ1v) is 7.72. The maximum Gasteiger partial charge on any atom is 0.303 e. The molecule has 3 amide bonds. The minimum atomic E-state index is -2.90. The summed E-state index contributed by atoms with van der Waals surface area (Å²) >= 11 is -0.146. The number of carbonyl (C=O) groups excluding carboxylic acids is 3. The Morgan fingerprint density at radius 1 is 1.21 bits per heavy atom. The van der Waals surface area contributed by atoms with Crippen LogP contribution in [0.25, 0.3) is 0 Å². The van der Waals surface area contributed by atoms with E-state index < -0.39 is 29.4 Å². The molecule has 122 valence electrons. The maximum atomic E-state index is 12.5. The van der Waals surface area contributed by atoms with E-state index in [1.54, 1.807) is 30.3 Å². The van der Waals surface area contributed by atoms with Crippen LogP contribution in [0.1, 0.15) is 10.4 Å². The van der Waals surface area contributed by atoms with Crippen molar-refractivity contribution in [3.8, 4) is 0 Å². The number of aliphatic imine (C=N–C) groups is 1. The highest BCUT2D eigenvalue weighted by Crippen LogP contribution is 2.36. The number of allylic oxidation sites excluding steroid dienone is 3. The van der Waals surface area contributed by atoms with Crippen LogP contribution in [0.3, 0.4) is 0 Å². The van der Waals surface area contributed by atoms with Crippen LogP contribution in [-0.2, 0) is 9.59 Å². The molecule has 0 bridgehead atoms. The van der Waals surface area contributed by atoms with Gasteiger partial charge >= 0.3 is 5.76 Å². The van der Waals surface area contributed by atoms with Crippen LogP contribution in [-0.4, -0.2) is 33.5 Å². The van der Waals surface area contributed by atoms with E-state index in [0.29, 0.717) is 9.87 Å². The number of carbonyl (C=O) groups is 3. The fraction of sp³-hybridized carbons (Fsp3) is 0.125. The monoisotopic (exact) mass is 348 g/mol. The zero-order valence-electron chi connectivity index (χ0n) is 12.1. The number of imide groups is 1. The topological polar surface area (TPSA) is 66.8 Å². The fourth-order valence-corrected chi connectivity index (χ4v) is 3.00. The minimum absolute atomic E-state index is 0.0373. The smallest absolute Gasteiger partial charge is 0.272 e. The van der Waals surface area contributed by atoms with Gasteiger partial charge in [-0.2, -0.15) is 8.78 Å². The summed E-state index contributed by atoms with van der Waals surface area (Å²) in [5.74, 6) is -6.23. The number of alkyl halides is 2. The Balaban J connectivity index is 1.92. The maximum absolute atomic E-state index is 12.5. The molecule has 24 heavy (non-hydrogen) atoms. The van der Waals surface area contributed by atoms with Gasteiger partial charge in [0.1, 0.15) is 5.92 Å². The number of fused-ring (bicyclic) bond motifs is 1. The molecule has 0 saturated carbocycles. The van der Waals surface area contributed by atoms with Gasteiger partial charge in [0.15, 0.2) is 0 Å². The van der Waals surface area contributed by atoms with Crippen molar-refractivity contribution in [3.63, 3.8) is 0 Å². The Hall–Kier alpha value is -2.61. The van der Waals surface area contributed by atoms with E-state index >= 15 is 0 Å². The Kier molecular flexibility index (Phi) is 4.39. The lowest BCUT2D eigenvalue weighted by atomic mass is 9.91. The van der Waals surface area contributed by atoms with E-state index in [1.165, 1.54) is 18.2 Å². The largest absolute Gasteiger partial charge is 0.303 e. The van der Waals surface area contributed by atoms with E-state index in [0.717, 1.165) is 0 Å². The molecule has 1 unspecified atom stereocenters. The first-order valence-electron chi connectivity index (χ1n) is 6.88.